The molecule has 0 aliphatic rings. The van der Waals surface area contributed by atoms with Crippen molar-refractivity contribution in [2.75, 3.05) is 6.54 Å². The fraction of sp³-hybridized carbons (Fsp3) is 0.312. The van der Waals surface area contributed by atoms with E-state index in [1.165, 1.54) is 6.07 Å². The third-order valence-corrected chi connectivity index (χ3v) is 3.41. The van der Waals surface area contributed by atoms with E-state index in [0.717, 1.165) is 0 Å². The van der Waals surface area contributed by atoms with Gasteiger partial charge in [-0.25, -0.2) is 0 Å². The van der Waals surface area contributed by atoms with Gasteiger partial charge < -0.3 is 19.9 Å². The summed E-state index contributed by atoms with van der Waals surface area (Å²) in [5, 5.41) is 22.6. The van der Waals surface area contributed by atoms with Crippen molar-refractivity contribution in [1.29, 1.82) is 0 Å². The van der Waals surface area contributed by atoms with E-state index in [1.807, 2.05) is 0 Å². The van der Waals surface area contributed by atoms with E-state index >= 15 is 0 Å². The molecule has 1 unspecified atom stereocenters. The summed E-state index contributed by atoms with van der Waals surface area (Å²) in [5.41, 5.74) is -0.417. The van der Waals surface area contributed by atoms with E-state index in [9.17, 15) is 15.0 Å². The zero-order chi connectivity index (χ0) is 15.6. The molecule has 0 bridgehead atoms. The number of carbonyl (C=O) groups is 1. The third kappa shape index (κ3) is 3.25. The lowest BCUT2D eigenvalue weighted by Gasteiger charge is -2.21. The minimum absolute atomic E-state index is 0.00782. The molecule has 3 N–H and O–H groups in total. The normalized spacial score (nSPS) is 13.7. The van der Waals surface area contributed by atoms with Crippen molar-refractivity contribution in [3.05, 3.63) is 53.0 Å². The maximum Gasteiger partial charge on any atom is 0.251 e. The molecule has 0 aliphatic carbocycles. The first-order chi connectivity index (χ1) is 9.81. The van der Waals surface area contributed by atoms with Crippen molar-refractivity contribution in [2.24, 2.45) is 0 Å². The van der Waals surface area contributed by atoms with Crippen molar-refractivity contribution in [1.82, 2.24) is 5.32 Å². The molecule has 5 heteroatoms. The second kappa shape index (κ2) is 5.61. The number of aliphatic hydroxyl groups is 1. The number of amides is 1. The largest absolute Gasteiger partial charge is 0.508 e. The molecule has 1 atom stereocenters. The van der Waals surface area contributed by atoms with Crippen LogP contribution < -0.4 is 5.32 Å². The summed E-state index contributed by atoms with van der Waals surface area (Å²) in [6.07, 6.45) is 0. The van der Waals surface area contributed by atoms with Crippen molar-refractivity contribution in [2.45, 2.75) is 26.4 Å². The molecule has 0 aliphatic heterocycles. The Bertz CT molecular complexity index is 658. The number of phenolic OH excluding ortho intramolecular Hbond substituents is 1. The number of aryl methyl sites for hydroxylation is 1. The molecule has 5 nitrogen and oxygen atoms in total. The molecule has 1 heterocycles. The number of phenols is 1. The van der Waals surface area contributed by atoms with Crippen LogP contribution in [-0.4, -0.2) is 22.7 Å². The highest BCUT2D eigenvalue weighted by Crippen LogP contribution is 2.23. The molecule has 1 aromatic carbocycles. The van der Waals surface area contributed by atoms with E-state index in [1.54, 1.807) is 45.0 Å². The molecule has 1 amide bonds. The SMILES string of the molecule is Cc1ccc(C(C)(O)CNC(=O)c2cccc(O)c2C)o1. The first kappa shape index (κ1) is 15.1. The molecule has 112 valence electrons. The smallest absolute Gasteiger partial charge is 0.251 e. The molecule has 0 saturated carbocycles. The first-order valence-corrected chi connectivity index (χ1v) is 6.67. The van der Waals surface area contributed by atoms with Crippen LogP contribution >= 0.6 is 0 Å². The third-order valence-electron chi connectivity index (χ3n) is 3.41. The lowest BCUT2D eigenvalue weighted by atomic mass is 10.0. The van der Waals surface area contributed by atoms with Crippen molar-refractivity contribution in [3.8, 4) is 5.75 Å². The Labute approximate surface area is 123 Å². The summed E-state index contributed by atoms with van der Waals surface area (Å²) in [7, 11) is 0. The van der Waals surface area contributed by atoms with Crippen molar-refractivity contribution in [3.63, 3.8) is 0 Å². The van der Waals surface area contributed by atoms with Gasteiger partial charge in [0.05, 0.1) is 6.54 Å². The second-order valence-electron chi connectivity index (χ2n) is 5.32. The van der Waals surface area contributed by atoms with Crippen LogP contribution in [0.1, 0.15) is 34.4 Å². The minimum atomic E-state index is -1.30. The van der Waals surface area contributed by atoms with Crippen LogP contribution in [0.2, 0.25) is 0 Å². The van der Waals surface area contributed by atoms with E-state index in [0.29, 0.717) is 22.6 Å². The van der Waals surface area contributed by atoms with Crippen LogP contribution in [0.3, 0.4) is 0 Å². The Hall–Kier alpha value is -2.27. The summed E-state index contributed by atoms with van der Waals surface area (Å²) in [6, 6.07) is 8.18. The maximum atomic E-state index is 12.1. The van der Waals surface area contributed by atoms with Gasteiger partial charge in [-0.1, -0.05) is 6.07 Å². The number of rotatable bonds is 4. The minimum Gasteiger partial charge on any atom is -0.508 e. The van der Waals surface area contributed by atoms with Crippen LogP contribution in [0, 0.1) is 13.8 Å². The number of furan rings is 1. The van der Waals surface area contributed by atoms with Crippen LogP contribution in [-0.2, 0) is 5.60 Å². The predicted molar refractivity (Wildman–Crippen MR) is 78.2 cm³/mol. The highest BCUT2D eigenvalue weighted by Gasteiger charge is 2.27. The van der Waals surface area contributed by atoms with Gasteiger partial charge in [0.15, 0.2) is 0 Å². The van der Waals surface area contributed by atoms with E-state index in [2.05, 4.69) is 5.32 Å². The predicted octanol–water partition coefficient (Wildman–Crippen LogP) is 2.24. The van der Waals surface area contributed by atoms with Crippen LogP contribution in [0.4, 0.5) is 0 Å². The van der Waals surface area contributed by atoms with Gasteiger partial charge >= 0.3 is 0 Å². The van der Waals surface area contributed by atoms with Crippen molar-refractivity contribution < 1.29 is 19.4 Å². The molecule has 21 heavy (non-hydrogen) atoms. The number of hydrogen-bond acceptors (Lipinski definition) is 4. The quantitative estimate of drug-likeness (QED) is 0.806. The van der Waals surface area contributed by atoms with Crippen LogP contribution in [0.25, 0.3) is 0 Å². The molecule has 0 spiro atoms. The lowest BCUT2D eigenvalue weighted by molar-refractivity contribution is 0.0323. The summed E-state index contributed by atoms with van der Waals surface area (Å²) in [6.45, 7) is 5.03. The Morgan fingerprint density at radius 2 is 2.00 bits per heavy atom. The number of benzene rings is 1. The van der Waals surface area contributed by atoms with Crippen LogP contribution in [0.15, 0.2) is 34.7 Å². The monoisotopic (exact) mass is 289 g/mol. The van der Waals surface area contributed by atoms with Crippen LogP contribution in [0.5, 0.6) is 5.75 Å². The second-order valence-corrected chi connectivity index (χ2v) is 5.32. The molecule has 0 fully saturated rings. The molecule has 2 rings (SSSR count). The fourth-order valence-electron chi connectivity index (χ4n) is 2.03. The summed E-state index contributed by atoms with van der Waals surface area (Å²) in [4.78, 5) is 12.1. The van der Waals surface area contributed by atoms with E-state index < -0.39 is 5.60 Å². The topological polar surface area (TPSA) is 82.7 Å². The van der Waals surface area contributed by atoms with Gasteiger partial charge in [-0.2, -0.15) is 0 Å². The molecule has 0 radical (unpaired) electrons. The van der Waals surface area contributed by atoms with Gasteiger partial charge in [0.25, 0.3) is 5.91 Å². The molecular weight excluding hydrogens is 270 g/mol. The van der Waals surface area contributed by atoms with E-state index in [-0.39, 0.29) is 18.2 Å². The van der Waals surface area contributed by atoms with Gasteiger partial charge in [-0.05, 0) is 45.0 Å². The lowest BCUT2D eigenvalue weighted by Crippen LogP contribution is -2.38. The number of aromatic hydroxyl groups is 1. The van der Waals surface area contributed by atoms with E-state index in [4.69, 9.17) is 4.42 Å². The fourth-order valence-corrected chi connectivity index (χ4v) is 2.03. The zero-order valence-corrected chi connectivity index (χ0v) is 12.3. The standard InChI is InChI=1S/C16H19NO4/c1-10-7-8-14(21-10)16(3,20)9-17-15(19)12-5-4-6-13(18)11(12)2/h4-8,18,20H,9H2,1-3H3,(H,17,19). The Morgan fingerprint density at radius 3 is 2.62 bits per heavy atom. The zero-order valence-electron chi connectivity index (χ0n) is 12.3. The van der Waals surface area contributed by atoms with Gasteiger partial charge in [-0.15, -0.1) is 0 Å². The van der Waals surface area contributed by atoms with Gasteiger partial charge in [0, 0.05) is 11.1 Å². The maximum absolute atomic E-state index is 12.1. The summed E-state index contributed by atoms with van der Waals surface area (Å²) >= 11 is 0. The highest BCUT2D eigenvalue weighted by atomic mass is 16.4. The molecule has 2 aromatic rings. The average molecular weight is 289 g/mol. The Morgan fingerprint density at radius 1 is 1.29 bits per heavy atom. The average Bonchev–Trinajstić information content (AvgIpc) is 2.87. The first-order valence-electron chi connectivity index (χ1n) is 6.67. The van der Waals surface area contributed by atoms with Crippen molar-refractivity contribution >= 4 is 5.91 Å². The highest BCUT2D eigenvalue weighted by molar-refractivity contribution is 5.96. The Balaban J connectivity index is 2.09. The number of nitrogens with one attached hydrogen (secondary N) is 1. The molecule has 0 saturated heterocycles. The molecular formula is C16H19NO4. The van der Waals surface area contributed by atoms with Gasteiger partial charge in [0.1, 0.15) is 22.9 Å². The molecule has 1 aromatic heterocycles. The van der Waals surface area contributed by atoms with Gasteiger partial charge in [-0.3, -0.25) is 4.79 Å². The van der Waals surface area contributed by atoms with Gasteiger partial charge in [0.2, 0.25) is 0 Å². The summed E-state index contributed by atoms with van der Waals surface area (Å²) < 4.78 is 5.39. The summed E-state index contributed by atoms with van der Waals surface area (Å²) in [5.74, 6) is 0.802. The number of hydrogen-bond donors (Lipinski definition) is 3. The Kier molecular flexibility index (Phi) is 4.04. The number of carbonyl (C=O) groups excluding carboxylic acids is 1.